The van der Waals surface area contributed by atoms with E-state index in [9.17, 15) is 4.79 Å². The molecule has 1 aliphatic carbocycles. The number of hydrogen-bond acceptors (Lipinski definition) is 4. The van der Waals surface area contributed by atoms with Crippen LogP contribution in [-0.2, 0) is 0 Å². The molecule has 1 saturated carbocycles. The molecule has 0 saturated heterocycles. The first-order valence-electron chi connectivity index (χ1n) is 11.2. The van der Waals surface area contributed by atoms with Gasteiger partial charge in [0, 0.05) is 18.3 Å². The molecule has 0 atom stereocenters. The van der Waals surface area contributed by atoms with Gasteiger partial charge in [-0.2, -0.15) is 0 Å². The van der Waals surface area contributed by atoms with Gasteiger partial charge in [0.1, 0.15) is 11.5 Å². The fourth-order valence-electron chi connectivity index (χ4n) is 4.12. The summed E-state index contributed by atoms with van der Waals surface area (Å²) in [6.45, 7) is 0. The SMILES string of the molecule is O=C(CCCC1CCCC1)c1cccc(Nc2ccc(/C=C/c3ccccn3)cc2)n1. The highest BCUT2D eigenvalue weighted by molar-refractivity contribution is 5.94. The Morgan fingerprint density at radius 2 is 1.81 bits per heavy atom. The summed E-state index contributed by atoms with van der Waals surface area (Å²) in [6.07, 6.45) is 13.9. The third-order valence-corrected chi connectivity index (χ3v) is 5.84. The number of Topliss-reactive ketones (excluding diaryl/α,β-unsaturated/α-hetero) is 1. The minimum Gasteiger partial charge on any atom is -0.340 e. The summed E-state index contributed by atoms with van der Waals surface area (Å²) in [5, 5.41) is 3.30. The minimum absolute atomic E-state index is 0.136. The smallest absolute Gasteiger partial charge is 0.181 e. The standard InChI is InChI=1S/C27H29N3O/c31-26(12-5-9-21-7-1-2-8-21)25-11-6-13-27(30-25)29-24-18-15-22(16-19-24)14-17-23-10-3-4-20-28-23/h3-4,6,10-11,13-21H,1-2,5,7-9,12H2,(H,29,30)/b17-14+. The Morgan fingerprint density at radius 3 is 2.58 bits per heavy atom. The Balaban J connectivity index is 1.31. The zero-order valence-corrected chi connectivity index (χ0v) is 17.8. The second kappa shape index (κ2) is 10.7. The molecule has 2 aromatic heterocycles. The Kier molecular flexibility index (Phi) is 7.22. The van der Waals surface area contributed by atoms with E-state index in [1.807, 2.05) is 72.8 Å². The van der Waals surface area contributed by atoms with E-state index in [2.05, 4.69) is 15.3 Å². The monoisotopic (exact) mass is 411 g/mol. The van der Waals surface area contributed by atoms with Gasteiger partial charge in [-0.3, -0.25) is 9.78 Å². The van der Waals surface area contributed by atoms with Crippen molar-refractivity contribution in [3.8, 4) is 0 Å². The molecule has 0 aliphatic heterocycles. The van der Waals surface area contributed by atoms with Crippen molar-refractivity contribution in [3.05, 3.63) is 83.8 Å². The van der Waals surface area contributed by atoms with Crippen LogP contribution < -0.4 is 5.32 Å². The number of benzene rings is 1. The number of nitrogens with zero attached hydrogens (tertiary/aromatic N) is 2. The maximum atomic E-state index is 12.6. The molecule has 0 spiro atoms. The van der Waals surface area contributed by atoms with E-state index in [-0.39, 0.29) is 5.78 Å². The first kappa shape index (κ1) is 21.0. The molecule has 1 N–H and O–H groups in total. The van der Waals surface area contributed by atoms with Gasteiger partial charge >= 0.3 is 0 Å². The molecule has 0 amide bonds. The van der Waals surface area contributed by atoms with Crippen LogP contribution in [0.25, 0.3) is 12.2 Å². The quantitative estimate of drug-likeness (QED) is 0.388. The van der Waals surface area contributed by atoms with E-state index in [1.165, 1.54) is 32.1 Å². The fourth-order valence-corrected chi connectivity index (χ4v) is 4.12. The van der Waals surface area contributed by atoms with Crippen molar-refractivity contribution in [1.82, 2.24) is 9.97 Å². The molecular formula is C27H29N3O. The van der Waals surface area contributed by atoms with Crippen LogP contribution in [0.15, 0.2) is 66.9 Å². The lowest BCUT2D eigenvalue weighted by atomic mass is 9.99. The normalized spacial score (nSPS) is 14.2. The highest BCUT2D eigenvalue weighted by Crippen LogP contribution is 2.29. The van der Waals surface area contributed by atoms with Crippen molar-refractivity contribution in [2.45, 2.75) is 44.9 Å². The summed E-state index contributed by atoms with van der Waals surface area (Å²) in [5.74, 6) is 1.66. The zero-order chi connectivity index (χ0) is 21.3. The Hall–Kier alpha value is -3.27. The topological polar surface area (TPSA) is 54.9 Å². The fraction of sp³-hybridized carbons (Fsp3) is 0.296. The van der Waals surface area contributed by atoms with Gasteiger partial charge in [0.25, 0.3) is 0 Å². The number of pyridine rings is 2. The predicted octanol–water partition coefficient (Wildman–Crippen LogP) is 6.93. The number of nitrogens with one attached hydrogen (secondary N) is 1. The van der Waals surface area contributed by atoms with E-state index in [1.54, 1.807) is 6.20 Å². The second-order valence-corrected chi connectivity index (χ2v) is 8.21. The molecule has 1 aliphatic rings. The van der Waals surface area contributed by atoms with E-state index in [0.717, 1.165) is 29.3 Å². The number of carbonyl (C=O) groups is 1. The number of carbonyl (C=O) groups excluding carboxylic acids is 1. The van der Waals surface area contributed by atoms with Gasteiger partial charge in [0.05, 0.1) is 5.69 Å². The van der Waals surface area contributed by atoms with Gasteiger partial charge in [-0.1, -0.05) is 62.4 Å². The van der Waals surface area contributed by atoms with Crippen LogP contribution in [-0.4, -0.2) is 15.8 Å². The molecule has 3 aromatic rings. The summed E-state index contributed by atoms with van der Waals surface area (Å²) < 4.78 is 0. The third kappa shape index (κ3) is 6.35. The second-order valence-electron chi connectivity index (χ2n) is 8.21. The number of ketones is 1. The van der Waals surface area contributed by atoms with Crippen LogP contribution in [0.5, 0.6) is 0 Å². The number of hydrogen-bond donors (Lipinski definition) is 1. The van der Waals surface area contributed by atoms with Crippen LogP contribution in [0, 0.1) is 5.92 Å². The number of aromatic nitrogens is 2. The molecule has 0 bridgehead atoms. The van der Waals surface area contributed by atoms with Crippen molar-refractivity contribution in [3.63, 3.8) is 0 Å². The summed E-state index contributed by atoms with van der Waals surface area (Å²) >= 11 is 0. The maximum absolute atomic E-state index is 12.6. The van der Waals surface area contributed by atoms with Gasteiger partial charge < -0.3 is 5.32 Å². The lowest BCUT2D eigenvalue weighted by molar-refractivity contribution is 0.0973. The van der Waals surface area contributed by atoms with Crippen molar-refractivity contribution >= 4 is 29.4 Å². The van der Waals surface area contributed by atoms with Gasteiger partial charge in [0.2, 0.25) is 0 Å². The zero-order valence-electron chi connectivity index (χ0n) is 17.8. The van der Waals surface area contributed by atoms with Gasteiger partial charge in [-0.25, -0.2) is 4.98 Å². The number of anilines is 2. The third-order valence-electron chi connectivity index (χ3n) is 5.84. The van der Waals surface area contributed by atoms with E-state index in [0.29, 0.717) is 17.9 Å². The summed E-state index contributed by atoms with van der Waals surface area (Å²) in [7, 11) is 0. The maximum Gasteiger partial charge on any atom is 0.181 e. The molecule has 1 fully saturated rings. The van der Waals surface area contributed by atoms with Gasteiger partial charge in [0.15, 0.2) is 5.78 Å². The van der Waals surface area contributed by atoms with Crippen molar-refractivity contribution in [2.75, 3.05) is 5.32 Å². The average molecular weight is 412 g/mol. The van der Waals surface area contributed by atoms with E-state index in [4.69, 9.17) is 0 Å². The van der Waals surface area contributed by atoms with Crippen molar-refractivity contribution < 1.29 is 4.79 Å². The van der Waals surface area contributed by atoms with E-state index >= 15 is 0 Å². The summed E-state index contributed by atoms with van der Waals surface area (Å²) in [5.41, 5.74) is 3.51. The van der Waals surface area contributed by atoms with Crippen LogP contribution in [0.4, 0.5) is 11.5 Å². The van der Waals surface area contributed by atoms with Crippen LogP contribution in [0.1, 0.15) is 66.7 Å². The molecule has 4 heteroatoms. The average Bonchev–Trinajstić information content (AvgIpc) is 3.33. The lowest BCUT2D eigenvalue weighted by Crippen LogP contribution is -2.05. The van der Waals surface area contributed by atoms with E-state index < -0.39 is 0 Å². The predicted molar refractivity (Wildman–Crippen MR) is 127 cm³/mol. The molecule has 0 radical (unpaired) electrons. The molecule has 0 unspecified atom stereocenters. The largest absolute Gasteiger partial charge is 0.340 e. The van der Waals surface area contributed by atoms with Crippen molar-refractivity contribution in [1.29, 1.82) is 0 Å². The van der Waals surface area contributed by atoms with Crippen LogP contribution >= 0.6 is 0 Å². The van der Waals surface area contributed by atoms with Crippen molar-refractivity contribution in [2.24, 2.45) is 5.92 Å². The Bertz CT molecular complexity index is 1010. The molecule has 4 rings (SSSR count). The molecule has 2 heterocycles. The first-order valence-corrected chi connectivity index (χ1v) is 11.2. The molecular weight excluding hydrogens is 382 g/mol. The Morgan fingerprint density at radius 1 is 0.968 bits per heavy atom. The minimum atomic E-state index is 0.136. The van der Waals surface area contributed by atoms with Gasteiger partial charge in [-0.05, 0) is 60.4 Å². The first-order chi connectivity index (χ1) is 15.3. The molecule has 31 heavy (non-hydrogen) atoms. The van der Waals surface area contributed by atoms with Crippen LogP contribution in [0.3, 0.4) is 0 Å². The summed E-state index contributed by atoms with van der Waals surface area (Å²) in [6, 6.07) is 19.6. The molecule has 1 aromatic carbocycles. The molecule has 158 valence electrons. The molecule has 4 nitrogen and oxygen atoms in total. The summed E-state index contributed by atoms with van der Waals surface area (Å²) in [4.78, 5) is 21.4. The number of rotatable bonds is 9. The lowest BCUT2D eigenvalue weighted by Gasteiger charge is -2.09. The highest BCUT2D eigenvalue weighted by atomic mass is 16.1. The van der Waals surface area contributed by atoms with Gasteiger partial charge in [-0.15, -0.1) is 0 Å². The van der Waals surface area contributed by atoms with Crippen LogP contribution in [0.2, 0.25) is 0 Å². The highest BCUT2D eigenvalue weighted by Gasteiger charge is 2.16. The Labute approximate surface area is 184 Å².